The summed E-state index contributed by atoms with van der Waals surface area (Å²) < 4.78 is 11.1. The van der Waals surface area contributed by atoms with Gasteiger partial charge in [-0.3, -0.25) is 9.59 Å². The number of fused-ring (bicyclic) bond motifs is 5. The molecule has 0 N–H and O–H groups in total. The Hall–Kier alpha value is -1.16. The number of carbonyl (C=O) groups excluding carboxylic acids is 2. The number of ether oxygens (including phenoxy) is 2. The molecule has 1 unspecified atom stereocenters. The summed E-state index contributed by atoms with van der Waals surface area (Å²) in [4.78, 5) is 24.9. The van der Waals surface area contributed by atoms with E-state index in [9.17, 15) is 9.59 Å². The van der Waals surface area contributed by atoms with E-state index in [1.165, 1.54) is 19.3 Å². The molecule has 0 aromatic carbocycles. The van der Waals surface area contributed by atoms with Gasteiger partial charge in [-0.05, 0) is 72.5 Å². The lowest BCUT2D eigenvalue weighted by molar-refractivity contribution is -0.166. The van der Waals surface area contributed by atoms with Crippen molar-refractivity contribution < 1.29 is 19.1 Å². The Morgan fingerprint density at radius 2 is 1.77 bits per heavy atom. The summed E-state index contributed by atoms with van der Waals surface area (Å²) in [5.74, 6) is 1.99. The first-order valence-corrected chi connectivity index (χ1v) is 12.4. The van der Waals surface area contributed by atoms with E-state index in [1.807, 2.05) is 0 Å². The lowest BCUT2D eigenvalue weighted by Gasteiger charge is -2.63. The first-order chi connectivity index (χ1) is 14.5. The molecule has 31 heavy (non-hydrogen) atoms. The van der Waals surface area contributed by atoms with Crippen molar-refractivity contribution in [3.8, 4) is 0 Å². The Kier molecular flexibility index (Phi) is 4.67. The zero-order valence-corrected chi connectivity index (χ0v) is 20.3. The van der Waals surface area contributed by atoms with Gasteiger partial charge in [-0.25, -0.2) is 0 Å². The summed E-state index contributed by atoms with van der Waals surface area (Å²) >= 11 is 0. The van der Waals surface area contributed by atoms with Crippen molar-refractivity contribution in [1.29, 1.82) is 0 Å². The Morgan fingerprint density at radius 3 is 2.48 bits per heavy atom. The molecule has 0 spiro atoms. The minimum Gasteiger partial charge on any atom is -0.435 e. The van der Waals surface area contributed by atoms with Crippen LogP contribution >= 0.6 is 0 Å². The molecule has 4 heteroatoms. The lowest BCUT2D eigenvalue weighted by Crippen LogP contribution is -2.57. The molecule has 0 amide bonds. The highest BCUT2D eigenvalue weighted by Crippen LogP contribution is 2.73. The van der Waals surface area contributed by atoms with Gasteiger partial charge in [0.2, 0.25) is 6.29 Å². The van der Waals surface area contributed by atoms with Crippen molar-refractivity contribution in [3.05, 3.63) is 11.6 Å². The van der Waals surface area contributed by atoms with Crippen LogP contribution in [0.4, 0.5) is 0 Å². The molecule has 4 aliphatic carbocycles. The maximum Gasteiger partial charge on any atom is 0.308 e. The van der Waals surface area contributed by atoms with Crippen molar-refractivity contribution in [3.63, 3.8) is 0 Å². The highest BCUT2D eigenvalue weighted by Gasteiger charge is 2.66. The zero-order valence-electron chi connectivity index (χ0n) is 20.3. The predicted molar refractivity (Wildman–Crippen MR) is 119 cm³/mol. The van der Waals surface area contributed by atoms with E-state index in [0.29, 0.717) is 30.0 Å². The highest BCUT2D eigenvalue weighted by atomic mass is 16.7. The highest BCUT2D eigenvalue weighted by molar-refractivity contribution is 5.85. The molecular weight excluding hydrogens is 388 g/mol. The maximum absolute atomic E-state index is 12.8. The molecular formula is C27H40O4. The molecule has 172 valence electrons. The van der Waals surface area contributed by atoms with Crippen molar-refractivity contribution >= 4 is 11.8 Å². The minimum absolute atomic E-state index is 0.107. The van der Waals surface area contributed by atoms with Gasteiger partial charge in [-0.2, -0.15) is 0 Å². The molecule has 0 bridgehead atoms. The second kappa shape index (κ2) is 6.68. The molecule has 1 heterocycles. The van der Waals surface area contributed by atoms with Gasteiger partial charge in [0.05, 0.1) is 6.42 Å². The number of methoxy groups -OCH3 is 1. The molecule has 4 fully saturated rings. The number of rotatable bonds is 2. The number of ketones is 1. The SMILES string of the molecule is CO[C@@H]1OC(=O)CC1[C@@H]1CC[C@]2(C)C3=CC[C@H]4C(C)(C)C(=O)CC[C@]4(C)[C@H]3CC[C@@]12C. The van der Waals surface area contributed by atoms with Gasteiger partial charge >= 0.3 is 5.97 Å². The maximum atomic E-state index is 12.8. The van der Waals surface area contributed by atoms with Crippen LogP contribution in [0.15, 0.2) is 11.6 Å². The van der Waals surface area contributed by atoms with Gasteiger partial charge in [0, 0.05) is 24.9 Å². The van der Waals surface area contributed by atoms with Crippen molar-refractivity contribution in [2.24, 2.45) is 45.3 Å². The Balaban J connectivity index is 1.51. The molecule has 0 radical (unpaired) electrons. The fraction of sp³-hybridized carbons (Fsp3) is 0.852. The van der Waals surface area contributed by atoms with Crippen LogP contribution in [0.5, 0.6) is 0 Å². The van der Waals surface area contributed by atoms with E-state index in [2.05, 4.69) is 40.7 Å². The van der Waals surface area contributed by atoms with Gasteiger partial charge in [-0.15, -0.1) is 0 Å². The number of cyclic esters (lactones) is 1. The van der Waals surface area contributed by atoms with Crippen molar-refractivity contribution in [2.75, 3.05) is 7.11 Å². The Labute approximate surface area is 187 Å². The van der Waals surface area contributed by atoms with Crippen LogP contribution in [0, 0.1) is 45.3 Å². The van der Waals surface area contributed by atoms with Crippen molar-refractivity contribution in [2.45, 2.75) is 92.3 Å². The van der Waals surface area contributed by atoms with Gasteiger partial charge in [0.25, 0.3) is 0 Å². The summed E-state index contributed by atoms with van der Waals surface area (Å²) in [5.41, 5.74) is 1.98. The van der Waals surface area contributed by atoms with E-state index in [4.69, 9.17) is 9.47 Å². The number of esters is 1. The number of hydrogen-bond acceptors (Lipinski definition) is 4. The molecule has 1 saturated heterocycles. The molecule has 3 saturated carbocycles. The van der Waals surface area contributed by atoms with E-state index < -0.39 is 0 Å². The quantitative estimate of drug-likeness (QED) is 0.418. The first kappa shape index (κ1) is 21.7. The number of allylic oxidation sites excluding steroid dienone is 2. The number of Topliss-reactive ketones (excluding diaryl/α,β-unsaturated/α-hetero) is 1. The van der Waals surface area contributed by atoms with E-state index in [-0.39, 0.29) is 39.8 Å². The van der Waals surface area contributed by atoms with Gasteiger partial charge in [0.15, 0.2) is 0 Å². The summed E-state index contributed by atoms with van der Waals surface area (Å²) in [6.45, 7) is 11.9. The Morgan fingerprint density at radius 1 is 1.03 bits per heavy atom. The smallest absolute Gasteiger partial charge is 0.308 e. The molecule has 0 aromatic heterocycles. The summed E-state index contributed by atoms with van der Waals surface area (Å²) in [5, 5.41) is 0. The Bertz CT molecular complexity index is 842. The second-order valence-corrected chi connectivity index (χ2v) is 12.5. The fourth-order valence-corrected chi connectivity index (χ4v) is 9.35. The van der Waals surface area contributed by atoms with E-state index in [1.54, 1.807) is 12.7 Å². The monoisotopic (exact) mass is 428 g/mol. The van der Waals surface area contributed by atoms with Crippen LogP contribution in [-0.4, -0.2) is 25.2 Å². The summed E-state index contributed by atoms with van der Waals surface area (Å²) in [6.07, 6.45) is 10.2. The third-order valence-corrected chi connectivity index (χ3v) is 11.4. The van der Waals surface area contributed by atoms with E-state index >= 15 is 0 Å². The number of hydrogen-bond donors (Lipinski definition) is 0. The third kappa shape index (κ3) is 2.63. The molecule has 1 aliphatic heterocycles. The first-order valence-electron chi connectivity index (χ1n) is 12.4. The van der Waals surface area contributed by atoms with Crippen LogP contribution in [0.25, 0.3) is 0 Å². The largest absolute Gasteiger partial charge is 0.435 e. The average molecular weight is 429 g/mol. The number of carbonyl (C=O) groups is 2. The van der Waals surface area contributed by atoms with Crippen LogP contribution in [0.3, 0.4) is 0 Å². The van der Waals surface area contributed by atoms with Crippen LogP contribution in [-0.2, 0) is 19.1 Å². The molecule has 8 atom stereocenters. The van der Waals surface area contributed by atoms with Crippen LogP contribution in [0.2, 0.25) is 0 Å². The fourth-order valence-electron chi connectivity index (χ4n) is 9.35. The van der Waals surface area contributed by atoms with Gasteiger partial charge in [0.1, 0.15) is 5.78 Å². The predicted octanol–water partition coefficient (Wildman–Crippen LogP) is 5.70. The van der Waals surface area contributed by atoms with Crippen LogP contribution < -0.4 is 0 Å². The summed E-state index contributed by atoms with van der Waals surface area (Å²) in [7, 11) is 1.67. The normalized spacial score (nSPS) is 50.9. The van der Waals surface area contributed by atoms with Gasteiger partial charge < -0.3 is 9.47 Å². The van der Waals surface area contributed by atoms with Crippen LogP contribution in [0.1, 0.15) is 86.0 Å². The topological polar surface area (TPSA) is 52.6 Å². The minimum atomic E-state index is -0.387. The lowest BCUT2D eigenvalue weighted by atomic mass is 9.41. The molecule has 5 aliphatic rings. The molecule has 4 nitrogen and oxygen atoms in total. The molecule has 0 aromatic rings. The zero-order chi connectivity index (χ0) is 22.4. The van der Waals surface area contributed by atoms with E-state index in [0.717, 1.165) is 25.7 Å². The average Bonchev–Trinajstić information content (AvgIpc) is 3.21. The van der Waals surface area contributed by atoms with Crippen molar-refractivity contribution in [1.82, 2.24) is 0 Å². The summed E-state index contributed by atoms with van der Waals surface area (Å²) in [6, 6.07) is 0. The standard InChI is InChI=1S/C27H40O4/c1-24(2)20-8-7-19-18(25(20,3)12-11-21(24)28)10-14-26(4)17(9-13-27(19,26)5)16-15-22(29)31-23(16)30-6/h7,16-18,20,23H,8-15H2,1-6H3/t16?,17-,18-,20-,23+,25+,26-,27+/m0/s1. The third-order valence-electron chi connectivity index (χ3n) is 11.4. The van der Waals surface area contributed by atoms with Gasteiger partial charge in [-0.1, -0.05) is 46.3 Å². The second-order valence-electron chi connectivity index (χ2n) is 12.5. The molecule has 5 rings (SSSR count).